The number of ether oxygens (including phenoxy) is 1. The van der Waals surface area contributed by atoms with Gasteiger partial charge in [0, 0.05) is 20.4 Å². The predicted octanol–water partition coefficient (Wildman–Crippen LogP) is 0.465. The minimum atomic E-state index is -0.170. The molecule has 2 aromatic heterocycles. The monoisotopic (exact) mass is 304 g/mol. The van der Waals surface area contributed by atoms with Crippen LogP contribution in [-0.4, -0.2) is 44.4 Å². The first-order valence-electron chi connectivity index (χ1n) is 7.39. The summed E-state index contributed by atoms with van der Waals surface area (Å²) in [5.74, 6) is -0.170. The average Bonchev–Trinajstić information content (AvgIpc) is 3.11. The molecule has 8 heteroatoms. The van der Waals surface area contributed by atoms with Crippen LogP contribution in [0.3, 0.4) is 0 Å². The molecular weight excluding hydrogens is 284 g/mol. The highest BCUT2D eigenvalue weighted by Gasteiger charge is 2.26. The van der Waals surface area contributed by atoms with Gasteiger partial charge in [0.1, 0.15) is 5.69 Å². The van der Waals surface area contributed by atoms with Crippen molar-refractivity contribution in [2.45, 2.75) is 31.8 Å². The molecule has 1 aliphatic carbocycles. The lowest BCUT2D eigenvalue weighted by atomic mass is 9.93. The summed E-state index contributed by atoms with van der Waals surface area (Å²) in [5.41, 5.74) is 2.62. The van der Waals surface area contributed by atoms with Gasteiger partial charge in [-0.15, -0.1) is 5.10 Å². The third-order valence-corrected chi connectivity index (χ3v) is 3.92. The largest absolute Gasteiger partial charge is 0.383 e. The highest BCUT2D eigenvalue weighted by molar-refractivity contribution is 5.92. The summed E-state index contributed by atoms with van der Waals surface area (Å²) >= 11 is 0. The van der Waals surface area contributed by atoms with Gasteiger partial charge in [-0.2, -0.15) is 5.10 Å². The molecule has 2 heterocycles. The van der Waals surface area contributed by atoms with Crippen molar-refractivity contribution in [3.63, 3.8) is 0 Å². The van der Waals surface area contributed by atoms with Crippen LogP contribution >= 0.6 is 0 Å². The second-order valence-electron chi connectivity index (χ2n) is 5.46. The van der Waals surface area contributed by atoms with Gasteiger partial charge < -0.3 is 10.1 Å². The first-order chi connectivity index (χ1) is 10.7. The second kappa shape index (κ2) is 6.27. The lowest BCUT2D eigenvalue weighted by molar-refractivity contribution is 0.0922. The van der Waals surface area contributed by atoms with Gasteiger partial charge in [-0.05, 0) is 24.8 Å². The number of hydrogen-bond acceptors (Lipinski definition) is 5. The Morgan fingerprint density at radius 3 is 3.14 bits per heavy atom. The summed E-state index contributed by atoms with van der Waals surface area (Å²) in [6, 6.07) is -0.0602. The van der Waals surface area contributed by atoms with E-state index in [2.05, 4.69) is 26.9 Å². The molecular formula is C14H20N6O2. The molecule has 2 aromatic rings. The summed E-state index contributed by atoms with van der Waals surface area (Å²) in [4.78, 5) is 12.3. The van der Waals surface area contributed by atoms with E-state index in [4.69, 9.17) is 4.74 Å². The molecule has 0 aliphatic heterocycles. The zero-order valence-corrected chi connectivity index (χ0v) is 12.8. The molecule has 0 fully saturated rings. The minimum absolute atomic E-state index is 0.0602. The lowest BCUT2D eigenvalue weighted by Crippen LogP contribution is -2.32. The maximum absolute atomic E-state index is 12.3. The molecule has 0 spiro atoms. The molecule has 0 saturated carbocycles. The van der Waals surface area contributed by atoms with Gasteiger partial charge in [-0.25, -0.2) is 4.68 Å². The SMILES string of the molecule is COCCn1cc2c(n1)C(NC(=O)c1cnnn1C)CCC2. The van der Waals surface area contributed by atoms with Crippen molar-refractivity contribution in [1.82, 2.24) is 30.1 Å². The number of aryl methyl sites for hydroxylation is 2. The van der Waals surface area contributed by atoms with E-state index >= 15 is 0 Å². The maximum Gasteiger partial charge on any atom is 0.271 e. The topological polar surface area (TPSA) is 86.9 Å². The second-order valence-corrected chi connectivity index (χ2v) is 5.46. The van der Waals surface area contributed by atoms with Crippen molar-refractivity contribution in [2.24, 2.45) is 7.05 Å². The highest BCUT2D eigenvalue weighted by atomic mass is 16.5. The van der Waals surface area contributed by atoms with Crippen LogP contribution in [0.5, 0.6) is 0 Å². The van der Waals surface area contributed by atoms with Crippen LogP contribution in [0, 0.1) is 0 Å². The molecule has 0 aromatic carbocycles. The Labute approximate surface area is 128 Å². The molecule has 1 aliphatic rings. The highest BCUT2D eigenvalue weighted by Crippen LogP contribution is 2.28. The minimum Gasteiger partial charge on any atom is -0.383 e. The summed E-state index contributed by atoms with van der Waals surface area (Å²) in [5, 5.41) is 15.2. The fourth-order valence-corrected chi connectivity index (χ4v) is 2.76. The zero-order valence-electron chi connectivity index (χ0n) is 12.8. The van der Waals surface area contributed by atoms with Crippen LogP contribution < -0.4 is 5.32 Å². The van der Waals surface area contributed by atoms with Gasteiger partial charge in [0.2, 0.25) is 0 Å². The number of fused-ring (bicyclic) bond motifs is 1. The molecule has 8 nitrogen and oxygen atoms in total. The molecule has 0 saturated heterocycles. The van der Waals surface area contributed by atoms with E-state index in [1.165, 1.54) is 16.4 Å². The van der Waals surface area contributed by atoms with Crippen molar-refractivity contribution in [1.29, 1.82) is 0 Å². The van der Waals surface area contributed by atoms with Crippen LogP contribution in [0.25, 0.3) is 0 Å². The molecule has 0 bridgehead atoms. The molecule has 3 rings (SSSR count). The van der Waals surface area contributed by atoms with Crippen LogP contribution in [0.4, 0.5) is 0 Å². The van der Waals surface area contributed by atoms with Crippen LogP contribution in [0.1, 0.15) is 40.6 Å². The van der Waals surface area contributed by atoms with E-state index in [1.807, 2.05) is 4.68 Å². The van der Waals surface area contributed by atoms with Gasteiger partial charge in [0.05, 0.1) is 31.1 Å². The number of aromatic nitrogens is 5. The summed E-state index contributed by atoms with van der Waals surface area (Å²) < 4.78 is 8.45. The molecule has 118 valence electrons. The first-order valence-corrected chi connectivity index (χ1v) is 7.39. The van der Waals surface area contributed by atoms with E-state index in [0.29, 0.717) is 12.3 Å². The van der Waals surface area contributed by atoms with Crippen molar-refractivity contribution in [2.75, 3.05) is 13.7 Å². The predicted molar refractivity (Wildman–Crippen MR) is 78.3 cm³/mol. The molecule has 1 atom stereocenters. The third kappa shape index (κ3) is 2.87. The Balaban J connectivity index is 1.75. The van der Waals surface area contributed by atoms with E-state index < -0.39 is 0 Å². The van der Waals surface area contributed by atoms with Crippen LogP contribution in [0.15, 0.2) is 12.4 Å². The standard InChI is InChI=1S/C14H20N6O2/c1-19-12(8-15-18-19)14(21)16-11-5-3-4-10-9-20(6-7-22-2)17-13(10)11/h8-9,11H,3-7H2,1-2H3,(H,16,21). The number of methoxy groups -OCH3 is 1. The number of nitrogens with one attached hydrogen (secondary N) is 1. The smallest absolute Gasteiger partial charge is 0.271 e. The zero-order chi connectivity index (χ0) is 15.5. The average molecular weight is 304 g/mol. The van der Waals surface area contributed by atoms with E-state index in [0.717, 1.165) is 31.5 Å². The Morgan fingerprint density at radius 1 is 1.55 bits per heavy atom. The quantitative estimate of drug-likeness (QED) is 0.867. The normalized spacial score (nSPS) is 17.3. The van der Waals surface area contributed by atoms with Gasteiger partial charge >= 0.3 is 0 Å². The molecule has 22 heavy (non-hydrogen) atoms. The van der Waals surface area contributed by atoms with Gasteiger partial charge in [0.15, 0.2) is 0 Å². The van der Waals surface area contributed by atoms with Crippen LogP contribution in [-0.2, 0) is 24.8 Å². The Hall–Kier alpha value is -2.22. The number of carbonyl (C=O) groups excluding carboxylic acids is 1. The van der Waals surface area contributed by atoms with Crippen molar-refractivity contribution in [3.8, 4) is 0 Å². The Kier molecular flexibility index (Phi) is 4.19. The fourth-order valence-electron chi connectivity index (χ4n) is 2.76. The van der Waals surface area contributed by atoms with E-state index in [1.54, 1.807) is 14.2 Å². The molecule has 0 radical (unpaired) electrons. The van der Waals surface area contributed by atoms with Gasteiger partial charge in [-0.3, -0.25) is 9.48 Å². The molecule has 1 amide bonds. The lowest BCUT2D eigenvalue weighted by Gasteiger charge is -2.22. The number of nitrogens with zero attached hydrogens (tertiary/aromatic N) is 5. The Bertz CT molecular complexity index is 662. The first kappa shape index (κ1) is 14.7. The van der Waals surface area contributed by atoms with E-state index in [9.17, 15) is 4.79 Å². The summed E-state index contributed by atoms with van der Waals surface area (Å²) in [6.45, 7) is 1.34. The van der Waals surface area contributed by atoms with Gasteiger partial charge in [-0.1, -0.05) is 5.21 Å². The summed E-state index contributed by atoms with van der Waals surface area (Å²) in [6.07, 6.45) is 6.46. The molecule has 1 N–H and O–H groups in total. The van der Waals surface area contributed by atoms with Gasteiger partial charge in [0.25, 0.3) is 5.91 Å². The van der Waals surface area contributed by atoms with Crippen molar-refractivity contribution >= 4 is 5.91 Å². The summed E-state index contributed by atoms with van der Waals surface area (Å²) in [7, 11) is 3.38. The van der Waals surface area contributed by atoms with Crippen LogP contribution in [0.2, 0.25) is 0 Å². The Morgan fingerprint density at radius 2 is 2.41 bits per heavy atom. The number of rotatable bonds is 5. The fraction of sp³-hybridized carbons (Fsp3) is 0.571. The van der Waals surface area contributed by atoms with E-state index in [-0.39, 0.29) is 11.9 Å². The van der Waals surface area contributed by atoms with Crippen molar-refractivity contribution in [3.05, 3.63) is 29.3 Å². The number of hydrogen-bond donors (Lipinski definition) is 1. The van der Waals surface area contributed by atoms with Crippen molar-refractivity contribution < 1.29 is 9.53 Å². The molecule has 1 unspecified atom stereocenters. The number of carbonyl (C=O) groups is 1. The number of amides is 1. The third-order valence-electron chi connectivity index (χ3n) is 3.92. The maximum atomic E-state index is 12.3.